The van der Waals surface area contributed by atoms with Crippen LogP contribution in [0.4, 0.5) is 5.69 Å². The molecule has 1 aliphatic rings. The lowest BCUT2D eigenvalue weighted by molar-refractivity contribution is 0.526. The highest BCUT2D eigenvalue weighted by Crippen LogP contribution is 2.30. The third kappa shape index (κ3) is 1.60. The van der Waals surface area contributed by atoms with Crippen LogP contribution in [-0.2, 0) is 13.0 Å². The number of nitrogens with zero attached hydrogens (tertiary/aromatic N) is 3. The molecule has 0 saturated heterocycles. The second-order valence-corrected chi connectivity index (χ2v) is 4.59. The van der Waals surface area contributed by atoms with Gasteiger partial charge in [-0.1, -0.05) is 12.1 Å². The molecular formula is C13H16N4. The molecule has 2 heterocycles. The van der Waals surface area contributed by atoms with Gasteiger partial charge in [0.1, 0.15) is 5.82 Å². The first-order valence-electron chi connectivity index (χ1n) is 6.05. The highest BCUT2D eigenvalue weighted by molar-refractivity contribution is 5.75. The number of hydrogen-bond acceptors (Lipinski definition) is 3. The molecule has 1 aliphatic heterocycles. The van der Waals surface area contributed by atoms with Gasteiger partial charge in [0.15, 0.2) is 5.82 Å². The first-order valence-corrected chi connectivity index (χ1v) is 6.05. The number of hydrogen-bond donors (Lipinski definition) is 1. The van der Waals surface area contributed by atoms with Crippen LogP contribution in [0.25, 0.3) is 11.4 Å². The molecule has 0 atom stereocenters. The van der Waals surface area contributed by atoms with Crippen LogP contribution in [-0.4, -0.2) is 14.8 Å². The highest BCUT2D eigenvalue weighted by atomic mass is 15.3. The van der Waals surface area contributed by atoms with Crippen molar-refractivity contribution in [3.05, 3.63) is 29.6 Å². The largest absolute Gasteiger partial charge is 0.398 e. The zero-order valence-electron chi connectivity index (χ0n) is 9.98. The fraction of sp³-hybridized carbons (Fsp3) is 0.385. The van der Waals surface area contributed by atoms with Gasteiger partial charge in [-0.2, -0.15) is 0 Å². The van der Waals surface area contributed by atoms with Crippen molar-refractivity contribution in [3.63, 3.8) is 0 Å². The molecule has 0 amide bonds. The van der Waals surface area contributed by atoms with E-state index in [-0.39, 0.29) is 0 Å². The monoisotopic (exact) mass is 228 g/mol. The fourth-order valence-corrected chi connectivity index (χ4v) is 2.49. The van der Waals surface area contributed by atoms with Crippen molar-refractivity contribution in [1.29, 1.82) is 0 Å². The summed E-state index contributed by atoms with van der Waals surface area (Å²) in [6.07, 6.45) is 3.43. The maximum absolute atomic E-state index is 6.06. The summed E-state index contributed by atoms with van der Waals surface area (Å²) in [6.45, 7) is 3.07. The van der Waals surface area contributed by atoms with Crippen molar-refractivity contribution in [3.8, 4) is 11.4 Å². The van der Waals surface area contributed by atoms with Crippen molar-refractivity contribution in [2.75, 3.05) is 5.73 Å². The van der Waals surface area contributed by atoms with Gasteiger partial charge in [-0.25, -0.2) is 0 Å². The van der Waals surface area contributed by atoms with Gasteiger partial charge in [-0.05, 0) is 31.4 Å². The molecule has 4 heteroatoms. The molecule has 0 aliphatic carbocycles. The van der Waals surface area contributed by atoms with Gasteiger partial charge >= 0.3 is 0 Å². The number of aryl methyl sites for hydroxylation is 2. The minimum Gasteiger partial charge on any atom is -0.398 e. The zero-order chi connectivity index (χ0) is 11.8. The summed E-state index contributed by atoms with van der Waals surface area (Å²) in [7, 11) is 0. The van der Waals surface area contributed by atoms with Crippen molar-refractivity contribution in [1.82, 2.24) is 14.8 Å². The normalized spacial score (nSPS) is 14.6. The summed E-state index contributed by atoms with van der Waals surface area (Å²) in [5, 5.41) is 8.60. The Morgan fingerprint density at radius 1 is 1.24 bits per heavy atom. The molecule has 2 aromatic rings. The molecule has 2 N–H and O–H groups in total. The predicted octanol–water partition coefficient (Wildman–Crippen LogP) is 2.17. The van der Waals surface area contributed by atoms with Gasteiger partial charge in [0, 0.05) is 24.2 Å². The van der Waals surface area contributed by atoms with Crippen LogP contribution in [0.5, 0.6) is 0 Å². The van der Waals surface area contributed by atoms with Crippen molar-refractivity contribution >= 4 is 5.69 Å². The topological polar surface area (TPSA) is 56.7 Å². The SMILES string of the molecule is Cc1cccc(N)c1-c1nnc2n1CCCC2. The summed E-state index contributed by atoms with van der Waals surface area (Å²) in [6, 6.07) is 5.96. The summed E-state index contributed by atoms with van der Waals surface area (Å²) in [5.74, 6) is 2.02. The lowest BCUT2D eigenvalue weighted by Gasteiger charge is -2.16. The van der Waals surface area contributed by atoms with Crippen LogP contribution in [0.2, 0.25) is 0 Å². The molecule has 0 unspecified atom stereocenters. The molecule has 0 bridgehead atoms. The van der Waals surface area contributed by atoms with Crippen molar-refractivity contribution in [2.45, 2.75) is 32.7 Å². The van der Waals surface area contributed by atoms with Crippen LogP contribution >= 0.6 is 0 Å². The summed E-state index contributed by atoms with van der Waals surface area (Å²) >= 11 is 0. The Labute approximate surface area is 100 Å². The smallest absolute Gasteiger partial charge is 0.166 e. The zero-order valence-corrected chi connectivity index (χ0v) is 9.98. The Hall–Kier alpha value is -1.84. The van der Waals surface area contributed by atoms with E-state index in [0.717, 1.165) is 41.4 Å². The van der Waals surface area contributed by atoms with Crippen LogP contribution < -0.4 is 5.73 Å². The maximum atomic E-state index is 6.06. The number of aromatic nitrogens is 3. The lowest BCUT2D eigenvalue weighted by atomic mass is 10.1. The molecule has 4 nitrogen and oxygen atoms in total. The van der Waals surface area contributed by atoms with Crippen molar-refractivity contribution in [2.24, 2.45) is 0 Å². The quantitative estimate of drug-likeness (QED) is 0.761. The third-order valence-electron chi connectivity index (χ3n) is 3.39. The van der Waals surface area contributed by atoms with E-state index in [2.05, 4.69) is 27.8 Å². The van der Waals surface area contributed by atoms with Gasteiger partial charge in [0.2, 0.25) is 0 Å². The van der Waals surface area contributed by atoms with E-state index in [4.69, 9.17) is 5.73 Å². The molecule has 0 fully saturated rings. The van der Waals surface area contributed by atoms with Gasteiger partial charge in [0.25, 0.3) is 0 Å². The third-order valence-corrected chi connectivity index (χ3v) is 3.39. The minimum absolute atomic E-state index is 0.783. The summed E-state index contributed by atoms with van der Waals surface area (Å²) in [5.41, 5.74) is 9.04. The second kappa shape index (κ2) is 3.87. The molecule has 1 aromatic heterocycles. The number of anilines is 1. The van der Waals surface area contributed by atoms with E-state index < -0.39 is 0 Å². The van der Waals surface area contributed by atoms with E-state index in [1.807, 2.05) is 12.1 Å². The van der Waals surface area contributed by atoms with Gasteiger partial charge in [0.05, 0.1) is 0 Å². The standard InChI is InChI=1S/C13H16N4/c1-9-5-4-6-10(14)12(9)13-16-15-11-7-2-3-8-17(11)13/h4-6H,2-3,7-8,14H2,1H3. The summed E-state index contributed by atoms with van der Waals surface area (Å²) in [4.78, 5) is 0. The fourth-order valence-electron chi connectivity index (χ4n) is 2.49. The molecule has 0 saturated carbocycles. The Kier molecular flexibility index (Phi) is 2.35. The number of nitrogens with two attached hydrogens (primary N) is 1. The van der Waals surface area contributed by atoms with E-state index in [1.54, 1.807) is 0 Å². The van der Waals surface area contributed by atoms with E-state index in [9.17, 15) is 0 Å². The van der Waals surface area contributed by atoms with Gasteiger partial charge < -0.3 is 10.3 Å². The van der Waals surface area contributed by atoms with Crippen LogP contribution in [0.3, 0.4) is 0 Å². The van der Waals surface area contributed by atoms with Crippen molar-refractivity contribution < 1.29 is 0 Å². The van der Waals surface area contributed by atoms with Crippen LogP contribution in [0.15, 0.2) is 18.2 Å². The minimum atomic E-state index is 0.783. The average Bonchev–Trinajstić information content (AvgIpc) is 2.73. The number of fused-ring (bicyclic) bond motifs is 1. The molecule has 0 spiro atoms. The molecular weight excluding hydrogens is 212 g/mol. The number of benzene rings is 1. The van der Waals surface area contributed by atoms with E-state index in [0.29, 0.717) is 0 Å². The predicted molar refractivity (Wildman–Crippen MR) is 67.5 cm³/mol. The molecule has 1 aromatic carbocycles. The molecule has 17 heavy (non-hydrogen) atoms. The second-order valence-electron chi connectivity index (χ2n) is 4.59. The number of nitrogen functional groups attached to an aromatic ring is 1. The Balaban J connectivity index is 2.19. The first-order chi connectivity index (χ1) is 8.27. The van der Waals surface area contributed by atoms with Gasteiger partial charge in [-0.15, -0.1) is 10.2 Å². The summed E-state index contributed by atoms with van der Waals surface area (Å²) < 4.78 is 2.21. The Bertz CT molecular complexity index is 536. The molecule has 88 valence electrons. The lowest BCUT2D eigenvalue weighted by Crippen LogP contribution is -2.12. The average molecular weight is 228 g/mol. The van der Waals surface area contributed by atoms with Crippen LogP contribution in [0, 0.1) is 6.92 Å². The van der Waals surface area contributed by atoms with Crippen LogP contribution in [0.1, 0.15) is 24.2 Å². The van der Waals surface area contributed by atoms with E-state index >= 15 is 0 Å². The highest BCUT2D eigenvalue weighted by Gasteiger charge is 2.19. The Morgan fingerprint density at radius 2 is 2.12 bits per heavy atom. The first kappa shape index (κ1) is 10.3. The molecule has 0 radical (unpaired) electrons. The Morgan fingerprint density at radius 3 is 2.94 bits per heavy atom. The van der Waals surface area contributed by atoms with E-state index in [1.165, 1.54) is 12.8 Å². The number of rotatable bonds is 1. The molecule has 3 rings (SSSR count). The maximum Gasteiger partial charge on any atom is 0.166 e. The van der Waals surface area contributed by atoms with Gasteiger partial charge in [-0.3, -0.25) is 0 Å².